The highest BCUT2D eigenvalue weighted by atomic mass is 16.5. The molecule has 0 atom stereocenters. The van der Waals surface area contributed by atoms with E-state index >= 15 is 0 Å². The van der Waals surface area contributed by atoms with Gasteiger partial charge in [0.05, 0.1) is 18.4 Å². The topological polar surface area (TPSA) is 81.4 Å². The van der Waals surface area contributed by atoms with Crippen LogP contribution in [0.3, 0.4) is 0 Å². The highest BCUT2D eigenvalue weighted by Crippen LogP contribution is 2.21. The van der Waals surface area contributed by atoms with Crippen molar-refractivity contribution >= 4 is 23.6 Å². The number of hydrogen-bond acceptors (Lipinski definition) is 3. The van der Waals surface area contributed by atoms with Crippen molar-refractivity contribution in [1.82, 2.24) is 0 Å². The maximum Gasteiger partial charge on any atom is 0.250 e. The summed E-state index contributed by atoms with van der Waals surface area (Å²) in [4.78, 5) is 23.4. The van der Waals surface area contributed by atoms with Crippen molar-refractivity contribution in [2.75, 3.05) is 12.4 Å². The van der Waals surface area contributed by atoms with Crippen LogP contribution in [0.1, 0.15) is 15.9 Å². The average molecular weight is 296 g/mol. The molecule has 0 fully saturated rings. The van der Waals surface area contributed by atoms with Gasteiger partial charge in [0.2, 0.25) is 5.91 Å². The molecule has 112 valence electrons. The molecule has 5 heteroatoms. The van der Waals surface area contributed by atoms with E-state index in [1.807, 2.05) is 30.3 Å². The Morgan fingerprint density at radius 3 is 2.50 bits per heavy atom. The normalized spacial score (nSPS) is 10.4. The van der Waals surface area contributed by atoms with E-state index in [0.717, 1.165) is 5.56 Å². The van der Waals surface area contributed by atoms with E-state index in [1.54, 1.807) is 18.2 Å². The van der Waals surface area contributed by atoms with Crippen molar-refractivity contribution in [2.24, 2.45) is 5.73 Å². The Hall–Kier alpha value is -3.08. The monoisotopic (exact) mass is 296 g/mol. The van der Waals surface area contributed by atoms with Gasteiger partial charge in [-0.25, -0.2) is 0 Å². The summed E-state index contributed by atoms with van der Waals surface area (Å²) in [6.07, 6.45) is 3.08. The smallest absolute Gasteiger partial charge is 0.250 e. The molecule has 22 heavy (non-hydrogen) atoms. The number of nitrogens with two attached hydrogens (primary N) is 1. The van der Waals surface area contributed by atoms with Crippen LogP contribution in [0.25, 0.3) is 6.08 Å². The number of carbonyl (C=O) groups is 2. The minimum atomic E-state index is -0.638. The lowest BCUT2D eigenvalue weighted by Crippen LogP contribution is -2.17. The van der Waals surface area contributed by atoms with Crippen LogP contribution < -0.4 is 15.8 Å². The molecule has 0 radical (unpaired) electrons. The molecule has 0 saturated carbocycles. The number of nitrogens with one attached hydrogen (secondary N) is 1. The summed E-state index contributed by atoms with van der Waals surface area (Å²) in [6, 6.07) is 14.1. The fourth-order valence-electron chi connectivity index (χ4n) is 1.87. The molecule has 0 bridgehead atoms. The van der Waals surface area contributed by atoms with Gasteiger partial charge in [0.15, 0.2) is 0 Å². The predicted molar refractivity (Wildman–Crippen MR) is 85.6 cm³/mol. The molecule has 5 nitrogen and oxygen atoms in total. The first kappa shape index (κ1) is 15.3. The van der Waals surface area contributed by atoms with Gasteiger partial charge in [0, 0.05) is 6.08 Å². The first-order valence-corrected chi connectivity index (χ1v) is 6.62. The van der Waals surface area contributed by atoms with E-state index in [-0.39, 0.29) is 11.5 Å². The van der Waals surface area contributed by atoms with Gasteiger partial charge in [0.25, 0.3) is 5.91 Å². The predicted octanol–water partition coefficient (Wildman–Crippen LogP) is 2.45. The Morgan fingerprint density at radius 1 is 1.14 bits per heavy atom. The summed E-state index contributed by atoms with van der Waals surface area (Å²) in [5.41, 5.74) is 6.76. The molecule has 0 unspecified atom stereocenters. The zero-order valence-corrected chi connectivity index (χ0v) is 12.1. The SMILES string of the molecule is COc1ccc(NC(=O)/C=C/c2ccccc2)c(C(N)=O)c1. The third-order valence-corrected chi connectivity index (χ3v) is 2.98. The number of rotatable bonds is 5. The number of benzene rings is 2. The number of amides is 2. The van der Waals surface area contributed by atoms with Crippen molar-refractivity contribution in [1.29, 1.82) is 0 Å². The zero-order valence-electron chi connectivity index (χ0n) is 12.1. The standard InChI is InChI=1S/C17H16N2O3/c1-22-13-8-9-15(14(11-13)17(18)21)19-16(20)10-7-12-5-3-2-4-6-12/h2-11H,1H3,(H2,18,21)(H,19,20)/b10-7+. The van der Waals surface area contributed by atoms with E-state index in [2.05, 4.69) is 5.32 Å². The quantitative estimate of drug-likeness (QED) is 0.831. The molecule has 2 rings (SSSR count). The van der Waals surface area contributed by atoms with Gasteiger partial charge in [0.1, 0.15) is 5.75 Å². The fourth-order valence-corrected chi connectivity index (χ4v) is 1.87. The molecule has 0 aromatic heterocycles. The summed E-state index contributed by atoms with van der Waals surface area (Å²) in [6.45, 7) is 0. The number of methoxy groups -OCH3 is 1. The van der Waals surface area contributed by atoms with E-state index in [1.165, 1.54) is 19.3 Å². The van der Waals surface area contributed by atoms with Crippen LogP contribution in [0.5, 0.6) is 5.75 Å². The first-order chi connectivity index (χ1) is 10.6. The Morgan fingerprint density at radius 2 is 1.86 bits per heavy atom. The molecule has 0 saturated heterocycles. The summed E-state index contributed by atoms with van der Waals surface area (Å²) in [5.74, 6) is -0.496. The van der Waals surface area contributed by atoms with Crippen molar-refractivity contribution in [3.05, 3.63) is 65.7 Å². The van der Waals surface area contributed by atoms with Gasteiger partial charge in [-0.3, -0.25) is 9.59 Å². The number of ether oxygens (including phenoxy) is 1. The third kappa shape index (κ3) is 3.96. The zero-order chi connectivity index (χ0) is 15.9. The van der Waals surface area contributed by atoms with Gasteiger partial charge >= 0.3 is 0 Å². The molecule has 2 aromatic rings. The van der Waals surface area contributed by atoms with Gasteiger partial charge in [-0.05, 0) is 29.8 Å². The summed E-state index contributed by atoms with van der Waals surface area (Å²) in [5, 5.41) is 2.63. The van der Waals surface area contributed by atoms with Gasteiger partial charge in [-0.1, -0.05) is 30.3 Å². The molecule has 0 aliphatic heterocycles. The Labute approximate surface area is 128 Å². The fraction of sp³-hybridized carbons (Fsp3) is 0.0588. The molecule has 3 N–H and O–H groups in total. The Balaban J connectivity index is 2.14. The van der Waals surface area contributed by atoms with Gasteiger partial charge < -0.3 is 15.8 Å². The molecular formula is C17H16N2O3. The van der Waals surface area contributed by atoms with Crippen LogP contribution in [-0.2, 0) is 4.79 Å². The third-order valence-electron chi connectivity index (χ3n) is 2.98. The minimum Gasteiger partial charge on any atom is -0.497 e. The molecular weight excluding hydrogens is 280 g/mol. The van der Waals surface area contributed by atoms with Gasteiger partial charge in [-0.15, -0.1) is 0 Å². The van der Waals surface area contributed by atoms with Crippen LogP contribution in [0, 0.1) is 0 Å². The lowest BCUT2D eigenvalue weighted by atomic mass is 10.1. The average Bonchev–Trinajstić information content (AvgIpc) is 2.54. The first-order valence-electron chi connectivity index (χ1n) is 6.62. The van der Waals surface area contributed by atoms with Crippen molar-refractivity contribution in [3.8, 4) is 5.75 Å². The molecule has 2 amide bonds. The molecule has 0 heterocycles. The van der Waals surface area contributed by atoms with Crippen LogP contribution in [-0.4, -0.2) is 18.9 Å². The van der Waals surface area contributed by atoms with E-state index in [0.29, 0.717) is 11.4 Å². The molecule has 0 aliphatic rings. The molecule has 0 spiro atoms. The highest BCUT2D eigenvalue weighted by molar-refractivity contribution is 6.07. The summed E-state index contributed by atoms with van der Waals surface area (Å²) >= 11 is 0. The van der Waals surface area contributed by atoms with Crippen LogP contribution in [0.15, 0.2) is 54.6 Å². The molecule has 0 aliphatic carbocycles. The Kier molecular flexibility index (Phi) is 4.93. The van der Waals surface area contributed by atoms with Crippen LogP contribution >= 0.6 is 0 Å². The lowest BCUT2D eigenvalue weighted by molar-refractivity contribution is -0.111. The maximum atomic E-state index is 11.9. The van der Waals surface area contributed by atoms with Crippen molar-refractivity contribution < 1.29 is 14.3 Å². The minimum absolute atomic E-state index is 0.195. The highest BCUT2D eigenvalue weighted by Gasteiger charge is 2.11. The van der Waals surface area contributed by atoms with Gasteiger partial charge in [-0.2, -0.15) is 0 Å². The summed E-state index contributed by atoms with van der Waals surface area (Å²) in [7, 11) is 1.49. The maximum absolute atomic E-state index is 11.9. The summed E-state index contributed by atoms with van der Waals surface area (Å²) < 4.78 is 5.04. The Bertz CT molecular complexity index is 709. The van der Waals surface area contributed by atoms with E-state index in [4.69, 9.17) is 10.5 Å². The number of anilines is 1. The van der Waals surface area contributed by atoms with E-state index < -0.39 is 5.91 Å². The lowest BCUT2D eigenvalue weighted by Gasteiger charge is -2.09. The van der Waals surface area contributed by atoms with E-state index in [9.17, 15) is 9.59 Å². The number of primary amides is 1. The van der Waals surface area contributed by atoms with Crippen LogP contribution in [0.2, 0.25) is 0 Å². The second kappa shape index (κ2) is 7.08. The second-order valence-electron chi connectivity index (χ2n) is 4.51. The van der Waals surface area contributed by atoms with Crippen molar-refractivity contribution in [3.63, 3.8) is 0 Å². The number of carbonyl (C=O) groups excluding carboxylic acids is 2. The second-order valence-corrected chi connectivity index (χ2v) is 4.51. The molecule has 2 aromatic carbocycles. The van der Waals surface area contributed by atoms with Crippen LogP contribution in [0.4, 0.5) is 5.69 Å². The largest absolute Gasteiger partial charge is 0.497 e. The van der Waals surface area contributed by atoms with Crippen molar-refractivity contribution in [2.45, 2.75) is 0 Å². The number of hydrogen-bond donors (Lipinski definition) is 2.